The Bertz CT molecular complexity index is 651. The van der Waals surface area contributed by atoms with Gasteiger partial charge in [-0.15, -0.1) is 0 Å². The van der Waals surface area contributed by atoms with Crippen LogP contribution in [0.4, 0.5) is 4.39 Å². The van der Waals surface area contributed by atoms with E-state index >= 15 is 0 Å². The van der Waals surface area contributed by atoms with E-state index in [0.717, 1.165) is 12.1 Å². The molecular weight excluding hydrogens is 255 g/mol. The Labute approximate surface area is 104 Å². The van der Waals surface area contributed by atoms with E-state index in [1.54, 1.807) is 30.3 Å². The van der Waals surface area contributed by atoms with Gasteiger partial charge in [0.15, 0.2) is 21.4 Å². The first-order valence-electron chi connectivity index (χ1n) is 5.24. The minimum atomic E-state index is -3.60. The Morgan fingerprint density at radius 2 is 1.72 bits per heavy atom. The summed E-state index contributed by atoms with van der Waals surface area (Å²) in [5.41, 5.74) is 0.631. The molecule has 0 aliphatic carbocycles. The van der Waals surface area contributed by atoms with Crippen LogP contribution in [-0.2, 0) is 15.6 Å². The van der Waals surface area contributed by atoms with E-state index in [1.807, 2.05) is 0 Å². The van der Waals surface area contributed by atoms with Crippen LogP contribution in [0.5, 0.6) is 5.75 Å². The molecule has 0 heterocycles. The van der Waals surface area contributed by atoms with Crippen molar-refractivity contribution < 1.29 is 17.9 Å². The molecule has 0 amide bonds. The monoisotopic (exact) mass is 266 g/mol. The van der Waals surface area contributed by atoms with Crippen molar-refractivity contribution in [1.82, 2.24) is 0 Å². The maximum absolute atomic E-state index is 13.1. The predicted octanol–water partition coefficient (Wildman–Crippen LogP) is 2.51. The lowest BCUT2D eigenvalue weighted by atomic mass is 10.2. The van der Waals surface area contributed by atoms with E-state index in [9.17, 15) is 12.8 Å². The van der Waals surface area contributed by atoms with Crippen LogP contribution in [0.25, 0.3) is 0 Å². The molecule has 0 aromatic heterocycles. The Morgan fingerprint density at radius 1 is 1.06 bits per heavy atom. The van der Waals surface area contributed by atoms with Crippen molar-refractivity contribution in [1.29, 1.82) is 0 Å². The van der Waals surface area contributed by atoms with Crippen molar-refractivity contribution in [3.63, 3.8) is 0 Å². The third kappa shape index (κ3) is 2.68. The lowest BCUT2D eigenvalue weighted by molar-refractivity contribution is 0.431. The molecule has 0 saturated carbocycles. The van der Waals surface area contributed by atoms with Crippen molar-refractivity contribution in [2.24, 2.45) is 0 Å². The fraction of sp³-hybridized carbons (Fsp3) is 0.0769. The van der Waals surface area contributed by atoms with E-state index in [1.165, 1.54) is 6.07 Å². The summed E-state index contributed by atoms with van der Waals surface area (Å²) in [6.45, 7) is 0. The summed E-state index contributed by atoms with van der Waals surface area (Å²) < 4.78 is 37.2. The summed E-state index contributed by atoms with van der Waals surface area (Å²) in [4.78, 5) is -0.137. The highest BCUT2D eigenvalue weighted by molar-refractivity contribution is 7.90. The smallest absolute Gasteiger partial charge is 0.182 e. The lowest BCUT2D eigenvalue weighted by Gasteiger charge is -2.05. The van der Waals surface area contributed by atoms with Gasteiger partial charge in [-0.3, -0.25) is 0 Å². The Kier molecular flexibility index (Phi) is 3.34. The summed E-state index contributed by atoms with van der Waals surface area (Å²) in [7, 11) is -3.60. The number of phenolic OH excluding ortho intramolecular Hbond substituents is 1. The van der Waals surface area contributed by atoms with Gasteiger partial charge in [-0.25, -0.2) is 12.8 Å². The average molecular weight is 266 g/mol. The minimum Gasteiger partial charge on any atom is -0.505 e. The van der Waals surface area contributed by atoms with Crippen LogP contribution in [0.3, 0.4) is 0 Å². The second kappa shape index (κ2) is 4.78. The molecule has 0 atom stereocenters. The van der Waals surface area contributed by atoms with E-state index in [4.69, 9.17) is 5.11 Å². The number of rotatable bonds is 3. The van der Waals surface area contributed by atoms with Crippen LogP contribution in [0, 0.1) is 5.82 Å². The molecule has 0 aliphatic heterocycles. The summed E-state index contributed by atoms with van der Waals surface area (Å²) in [6, 6.07) is 11.7. The molecule has 0 saturated heterocycles. The number of phenols is 1. The lowest BCUT2D eigenvalue weighted by Crippen LogP contribution is -2.05. The van der Waals surface area contributed by atoms with Crippen molar-refractivity contribution in [3.05, 3.63) is 59.9 Å². The molecule has 0 fully saturated rings. The molecule has 2 aromatic carbocycles. The molecule has 5 heteroatoms. The summed E-state index contributed by atoms with van der Waals surface area (Å²) in [5.74, 6) is -1.70. The maximum atomic E-state index is 13.1. The molecule has 18 heavy (non-hydrogen) atoms. The normalized spacial score (nSPS) is 11.4. The molecule has 1 N–H and O–H groups in total. The molecule has 2 rings (SSSR count). The van der Waals surface area contributed by atoms with Gasteiger partial charge in [-0.2, -0.15) is 0 Å². The highest BCUT2D eigenvalue weighted by Gasteiger charge is 2.17. The zero-order valence-corrected chi connectivity index (χ0v) is 10.2. The zero-order chi connectivity index (χ0) is 13.2. The quantitative estimate of drug-likeness (QED) is 0.928. The Balaban J connectivity index is 2.34. The first-order valence-corrected chi connectivity index (χ1v) is 6.89. The fourth-order valence-corrected chi connectivity index (χ4v) is 2.91. The number of hydrogen-bond acceptors (Lipinski definition) is 3. The summed E-state index contributed by atoms with van der Waals surface area (Å²) in [6.07, 6.45) is 0. The van der Waals surface area contributed by atoms with Gasteiger partial charge in [-0.05, 0) is 23.8 Å². The molecule has 3 nitrogen and oxygen atoms in total. The maximum Gasteiger partial charge on any atom is 0.182 e. The van der Waals surface area contributed by atoms with Crippen LogP contribution in [0.2, 0.25) is 0 Å². The largest absolute Gasteiger partial charge is 0.505 e. The zero-order valence-electron chi connectivity index (χ0n) is 9.38. The number of hydrogen-bond donors (Lipinski definition) is 1. The van der Waals surface area contributed by atoms with Gasteiger partial charge in [0.25, 0.3) is 0 Å². The average Bonchev–Trinajstić information content (AvgIpc) is 2.33. The predicted molar refractivity (Wildman–Crippen MR) is 65.4 cm³/mol. The van der Waals surface area contributed by atoms with E-state index in [2.05, 4.69) is 0 Å². The second-order valence-corrected chi connectivity index (χ2v) is 5.85. The molecule has 2 aromatic rings. The van der Waals surface area contributed by atoms with Gasteiger partial charge in [0.2, 0.25) is 0 Å². The SMILES string of the molecule is O=S(=O)(Cc1ccccc1)c1ccc(O)c(F)c1. The third-order valence-electron chi connectivity index (χ3n) is 2.48. The number of sulfone groups is 1. The van der Waals surface area contributed by atoms with Gasteiger partial charge >= 0.3 is 0 Å². The molecule has 0 unspecified atom stereocenters. The van der Waals surface area contributed by atoms with Gasteiger partial charge in [-0.1, -0.05) is 30.3 Å². The van der Waals surface area contributed by atoms with Crippen LogP contribution in [0.1, 0.15) is 5.56 Å². The third-order valence-corrected chi connectivity index (χ3v) is 4.16. The van der Waals surface area contributed by atoms with Gasteiger partial charge in [0, 0.05) is 0 Å². The van der Waals surface area contributed by atoms with E-state index in [-0.39, 0.29) is 10.6 Å². The summed E-state index contributed by atoms with van der Waals surface area (Å²) >= 11 is 0. The molecule has 0 spiro atoms. The fourth-order valence-electron chi connectivity index (χ4n) is 1.56. The van der Waals surface area contributed by atoms with Crippen LogP contribution in [-0.4, -0.2) is 13.5 Å². The second-order valence-electron chi connectivity index (χ2n) is 3.86. The number of aromatic hydroxyl groups is 1. The van der Waals surface area contributed by atoms with Crippen molar-refractivity contribution in [2.45, 2.75) is 10.6 Å². The highest BCUT2D eigenvalue weighted by atomic mass is 32.2. The van der Waals surface area contributed by atoms with Crippen LogP contribution < -0.4 is 0 Å². The first kappa shape index (κ1) is 12.6. The topological polar surface area (TPSA) is 54.4 Å². The van der Waals surface area contributed by atoms with Crippen LogP contribution >= 0.6 is 0 Å². The van der Waals surface area contributed by atoms with Gasteiger partial charge in [0.05, 0.1) is 10.6 Å². The standard InChI is InChI=1S/C13H11FO3S/c14-12-8-11(6-7-13(12)15)18(16,17)9-10-4-2-1-3-5-10/h1-8,15H,9H2. The van der Waals surface area contributed by atoms with Gasteiger partial charge in [0.1, 0.15) is 0 Å². The van der Waals surface area contributed by atoms with Crippen molar-refractivity contribution in [2.75, 3.05) is 0 Å². The first-order chi connectivity index (χ1) is 8.49. The highest BCUT2D eigenvalue weighted by Crippen LogP contribution is 2.22. The Morgan fingerprint density at radius 3 is 2.33 bits per heavy atom. The van der Waals surface area contributed by atoms with Crippen molar-refractivity contribution >= 4 is 9.84 Å². The molecule has 94 valence electrons. The van der Waals surface area contributed by atoms with E-state index in [0.29, 0.717) is 5.56 Å². The minimum absolute atomic E-state index is 0.137. The molecule has 0 aliphatic rings. The summed E-state index contributed by atoms with van der Waals surface area (Å²) in [5, 5.41) is 9.03. The molecule has 0 radical (unpaired) electrons. The van der Waals surface area contributed by atoms with E-state index < -0.39 is 21.4 Å². The molecule has 0 bridgehead atoms. The molecular formula is C13H11FO3S. The van der Waals surface area contributed by atoms with Crippen molar-refractivity contribution in [3.8, 4) is 5.75 Å². The van der Waals surface area contributed by atoms with Crippen LogP contribution in [0.15, 0.2) is 53.4 Å². The van der Waals surface area contributed by atoms with Gasteiger partial charge < -0.3 is 5.11 Å². The number of halogens is 1. The number of benzene rings is 2. The Hall–Kier alpha value is -1.88.